The zero-order chi connectivity index (χ0) is 13.8. The smallest absolute Gasteiger partial charge is 0.148 e. The zero-order valence-corrected chi connectivity index (χ0v) is 11.7. The summed E-state index contributed by atoms with van der Waals surface area (Å²) in [4.78, 5) is 0. The number of hydrogen-bond donors (Lipinski definition) is 1. The van der Waals surface area contributed by atoms with Crippen LogP contribution in [0.4, 0.5) is 4.39 Å². The van der Waals surface area contributed by atoms with Gasteiger partial charge in [0.1, 0.15) is 11.5 Å². The van der Waals surface area contributed by atoms with E-state index in [2.05, 4.69) is 24.3 Å². The highest BCUT2D eigenvalue weighted by Gasteiger charge is 2.07. The number of nitrogens with one attached hydrogen (secondary N) is 1. The largest absolute Gasteiger partial charge is 0.311 e. The number of halogens is 1. The first-order valence-corrected chi connectivity index (χ1v) is 6.58. The molecule has 3 nitrogen and oxygen atoms in total. The second kappa shape index (κ2) is 5.97. The molecular formula is C15H20FN3. The molecule has 1 heterocycles. The molecule has 0 unspecified atom stereocenters. The van der Waals surface area contributed by atoms with Gasteiger partial charge in [-0.05, 0) is 43.1 Å². The maximum atomic E-state index is 13.7. The molecule has 19 heavy (non-hydrogen) atoms. The van der Waals surface area contributed by atoms with E-state index in [0.29, 0.717) is 18.2 Å². The lowest BCUT2D eigenvalue weighted by Gasteiger charge is -2.06. The fourth-order valence-corrected chi connectivity index (χ4v) is 1.88. The van der Waals surface area contributed by atoms with Crippen LogP contribution in [0.15, 0.2) is 30.5 Å². The van der Waals surface area contributed by atoms with E-state index in [-0.39, 0.29) is 5.82 Å². The summed E-state index contributed by atoms with van der Waals surface area (Å²) in [6, 6.07) is 6.94. The summed E-state index contributed by atoms with van der Waals surface area (Å²) in [7, 11) is 0. The predicted molar refractivity (Wildman–Crippen MR) is 74.8 cm³/mol. The van der Waals surface area contributed by atoms with Crippen molar-refractivity contribution in [2.45, 2.75) is 27.3 Å². The molecule has 0 amide bonds. The molecule has 1 N–H and O–H groups in total. The quantitative estimate of drug-likeness (QED) is 0.896. The molecule has 0 spiro atoms. The molecular weight excluding hydrogens is 241 g/mol. The van der Waals surface area contributed by atoms with Crippen molar-refractivity contribution in [2.75, 3.05) is 6.54 Å². The SMILES string of the molecule is Cc1ccc(F)c(-n2ccc(CNCC(C)C)n2)c1. The molecule has 102 valence electrons. The molecule has 0 aliphatic rings. The zero-order valence-electron chi connectivity index (χ0n) is 11.7. The van der Waals surface area contributed by atoms with Gasteiger partial charge >= 0.3 is 0 Å². The summed E-state index contributed by atoms with van der Waals surface area (Å²) in [6.45, 7) is 7.92. The van der Waals surface area contributed by atoms with Crippen LogP contribution in [0.2, 0.25) is 0 Å². The van der Waals surface area contributed by atoms with E-state index < -0.39 is 0 Å². The Bertz CT molecular complexity index is 546. The van der Waals surface area contributed by atoms with Crippen molar-refractivity contribution in [3.05, 3.63) is 47.5 Å². The molecule has 1 aromatic heterocycles. The van der Waals surface area contributed by atoms with Crippen molar-refractivity contribution in [1.82, 2.24) is 15.1 Å². The predicted octanol–water partition coefficient (Wildman–Crippen LogP) is 3.07. The van der Waals surface area contributed by atoms with Gasteiger partial charge in [0.25, 0.3) is 0 Å². The van der Waals surface area contributed by atoms with Gasteiger partial charge in [-0.1, -0.05) is 19.9 Å². The first kappa shape index (κ1) is 13.7. The Morgan fingerprint density at radius 1 is 1.32 bits per heavy atom. The molecule has 0 saturated heterocycles. The molecule has 0 aliphatic carbocycles. The van der Waals surface area contributed by atoms with Crippen molar-refractivity contribution < 1.29 is 4.39 Å². The Morgan fingerprint density at radius 2 is 2.11 bits per heavy atom. The minimum absolute atomic E-state index is 0.254. The first-order chi connectivity index (χ1) is 9.06. The van der Waals surface area contributed by atoms with Gasteiger partial charge in [-0.2, -0.15) is 5.10 Å². The Morgan fingerprint density at radius 3 is 2.84 bits per heavy atom. The normalized spacial score (nSPS) is 11.2. The highest BCUT2D eigenvalue weighted by atomic mass is 19.1. The van der Waals surface area contributed by atoms with Gasteiger partial charge in [-0.25, -0.2) is 9.07 Å². The fraction of sp³-hybridized carbons (Fsp3) is 0.400. The number of hydrogen-bond acceptors (Lipinski definition) is 2. The molecule has 0 bridgehead atoms. The Kier molecular flexibility index (Phi) is 4.32. The molecule has 2 aromatic rings. The van der Waals surface area contributed by atoms with Crippen LogP contribution in [0.5, 0.6) is 0 Å². The molecule has 0 radical (unpaired) electrons. The van der Waals surface area contributed by atoms with Crippen LogP contribution in [0.25, 0.3) is 5.69 Å². The van der Waals surface area contributed by atoms with Gasteiger partial charge in [0, 0.05) is 12.7 Å². The van der Waals surface area contributed by atoms with Gasteiger partial charge in [-0.3, -0.25) is 0 Å². The van der Waals surface area contributed by atoms with Gasteiger partial charge < -0.3 is 5.32 Å². The summed E-state index contributed by atoms with van der Waals surface area (Å²) >= 11 is 0. The summed E-state index contributed by atoms with van der Waals surface area (Å²) < 4.78 is 15.3. The van der Waals surface area contributed by atoms with Crippen LogP contribution < -0.4 is 5.32 Å². The minimum atomic E-state index is -0.254. The highest BCUT2D eigenvalue weighted by Crippen LogP contribution is 2.14. The molecule has 4 heteroatoms. The van der Waals surface area contributed by atoms with E-state index in [1.54, 1.807) is 23.0 Å². The first-order valence-electron chi connectivity index (χ1n) is 6.58. The van der Waals surface area contributed by atoms with Crippen molar-refractivity contribution in [2.24, 2.45) is 5.92 Å². The summed E-state index contributed by atoms with van der Waals surface area (Å²) in [5, 5.41) is 7.72. The van der Waals surface area contributed by atoms with Crippen LogP contribution in [0, 0.1) is 18.7 Å². The van der Waals surface area contributed by atoms with Crippen LogP contribution in [0.1, 0.15) is 25.1 Å². The lowest BCUT2D eigenvalue weighted by molar-refractivity contribution is 0.545. The van der Waals surface area contributed by atoms with Gasteiger partial charge in [-0.15, -0.1) is 0 Å². The fourth-order valence-electron chi connectivity index (χ4n) is 1.88. The Hall–Kier alpha value is -1.68. The van der Waals surface area contributed by atoms with E-state index in [9.17, 15) is 4.39 Å². The van der Waals surface area contributed by atoms with E-state index in [0.717, 1.165) is 17.8 Å². The van der Waals surface area contributed by atoms with Crippen LogP contribution >= 0.6 is 0 Å². The second-order valence-electron chi connectivity index (χ2n) is 5.23. The lowest BCUT2D eigenvalue weighted by Crippen LogP contribution is -2.19. The summed E-state index contributed by atoms with van der Waals surface area (Å²) in [5.41, 5.74) is 2.43. The average molecular weight is 261 g/mol. The van der Waals surface area contributed by atoms with E-state index >= 15 is 0 Å². The van der Waals surface area contributed by atoms with Crippen molar-refractivity contribution in [1.29, 1.82) is 0 Å². The molecule has 0 atom stereocenters. The number of benzene rings is 1. The van der Waals surface area contributed by atoms with Crippen LogP contribution in [-0.2, 0) is 6.54 Å². The number of aromatic nitrogens is 2. The van der Waals surface area contributed by atoms with E-state index in [4.69, 9.17) is 0 Å². The van der Waals surface area contributed by atoms with Crippen molar-refractivity contribution >= 4 is 0 Å². The van der Waals surface area contributed by atoms with Gasteiger partial charge in [0.2, 0.25) is 0 Å². The maximum absolute atomic E-state index is 13.7. The highest BCUT2D eigenvalue weighted by molar-refractivity contribution is 5.36. The standard InChI is InChI=1S/C15H20FN3/c1-11(2)9-17-10-13-6-7-19(18-13)15-8-12(3)4-5-14(15)16/h4-8,11,17H,9-10H2,1-3H3. The number of nitrogens with zero attached hydrogens (tertiary/aromatic N) is 2. The maximum Gasteiger partial charge on any atom is 0.148 e. The Balaban J connectivity index is 2.10. The third-order valence-electron chi connectivity index (χ3n) is 2.85. The van der Waals surface area contributed by atoms with Gasteiger partial charge in [0.05, 0.1) is 5.69 Å². The van der Waals surface area contributed by atoms with E-state index in [1.165, 1.54) is 6.07 Å². The van der Waals surface area contributed by atoms with Crippen molar-refractivity contribution in [3.63, 3.8) is 0 Å². The third-order valence-corrected chi connectivity index (χ3v) is 2.85. The van der Waals surface area contributed by atoms with Crippen LogP contribution in [-0.4, -0.2) is 16.3 Å². The Labute approximate surface area is 113 Å². The molecule has 2 rings (SSSR count). The third kappa shape index (κ3) is 3.64. The molecule has 0 saturated carbocycles. The molecule has 0 aliphatic heterocycles. The molecule has 0 fully saturated rings. The lowest BCUT2D eigenvalue weighted by atomic mass is 10.2. The topological polar surface area (TPSA) is 29.9 Å². The average Bonchev–Trinajstić information content (AvgIpc) is 2.80. The van der Waals surface area contributed by atoms with Gasteiger partial charge in [0.15, 0.2) is 0 Å². The molecule has 1 aromatic carbocycles. The minimum Gasteiger partial charge on any atom is -0.311 e. The number of aryl methyl sites for hydroxylation is 1. The van der Waals surface area contributed by atoms with Crippen LogP contribution in [0.3, 0.4) is 0 Å². The second-order valence-corrected chi connectivity index (χ2v) is 5.23. The monoisotopic (exact) mass is 261 g/mol. The summed E-state index contributed by atoms with van der Waals surface area (Å²) in [5.74, 6) is 0.353. The summed E-state index contributed by atoms with van der Waals surface area (Å²) in [6.07, 6.45) is 1.80. The van der Waals surface area contributed by atoms with Crippen molar-refractivity contribution in [3.8, 4) is 5.69 Å². The number of rotatable bonds is 5. The van der Waals surface area contributed by atoms with E-state index in [1.807, 2.05) is 13.0 Å².